The van der Waals surface area contributed by atoms with Gasteiger partial charge >= 0.3 is 0 Å². The van der Waals surface area contributed by atoms with E-state index >= 15 is 0 Å². The molecule has 1 rings (SSSR count). The molecule has 0 heterocycles. The Balaban J connectivity index is 2.82. The van der Waals surface area contributed by atoms with Crippen LogP contribution >= 0.6 is 0 Å². The van der Waals surface area contributed by atoms with Crippen molar-refractivity contribution in [2.75, 3.05) is 14.1 Å². The lowest BCUT2D eigenvalue weighted by molar-refractivity contribution is 0.520. The highest BCUT2D eigenvalue weighted by Gasteiger charge is 2.13. The highest BCUT2D eigenvalue weighted by molar-refractivity contribution is 7.88. The Bertz CT molecular complexity index is 407. The summed E-state index contributed by atoms with van der Waals surface area (Å²) in [4.78, 5) is 0. The van der Waals surface area contributed by atoms with Crippen LogP contribution in [0.2, 0.25) is 0 Å². The fourth-order valence-corrected chi connectivity index (χ4v) is 2.08. The molecule has 0 aliphatic rings. The van der Waals surface area contributed by atoms with Gasteiger partial charge in [-0.05, 0) is 17.5 Å². The van der Waals surface area contributed by atoms with Gasteiger partial charge in [0.2, 0.25) is 10.0 Å². The van der Waals surface area contributed by atoms with E-state index in [0.717, 1.165) is 12.0 Å². The standard InChI is InChI=1S/C11H17NO2S/c1-4-10-5-7-11(8-6-10)9-15(13,14)12(2)3/h5-8H,4,9H2,1-3H3. The predicted molar refractivity (Wildman–Crippen MR) is 62.1 cm³/mol. The molecule has 0 fully saturated rings. The number of hydrogen-bond acceptors (Lipinski definition) is 2. The van der Waals surface area contributed by atoms with Crippen LogP contribution in [0.5, 0.6) is 0 Å². The van der Waals surface area contributed by atoms with E-state index in [2.05, 4.69) is 6.92 Å². The van der Waals surface area contributed by atoms with Crippen molar-refractivity contribution in [2.24, 2.45) is 0 Å². The molecule has 0 spiro atoms. The number of benzene rings is 1. The summed E-state index contributed by atoms with van der Waals surface area (Å²) >= 11 is 0. The van der Waals surface area contributed by atoms with E-state index in [1.807, 2.05) is 24.3 Å². The minimum absolute atomic E-state index is 0.0734. The summed E-state index contributed by atoms with van der Waals surface area (Å²) in [7, 11) is -0.0348. The minimum atomic E-state index is -3.14. The lowest BCUT2D eigenvalue weighted by Crippen LogP contribution is -2.23. The van der Waals surface area contributed by atoms with Gasteiger partial charge in [0.15, 0.2) is 0 Å². The molecular weight excluding hydrogens is 210 g/mol. The van der Waals surface area contributed by atoms with E-state index in [0.29, 0.717) is 0 Å². The van der Waals surface area contributed by atoms with Gasteiger partial charge in [0.1, 0.15) is 0 Å². The van der Waals surface area contributed by atoms with Gasteiger partial charge in [-0.25, -0.2) is 12.7 Å². The molecule has 0 N–H and O–H groups in total. The van der Waals surface area contributed by atoms with Crippen LogP contribution in [-0.2, 0) is 22.2 Å². The molecular formula is C11H17NO2S. The maximum absolute atomic E-state index is 11.6. The predicted octanol–water partition coefficient (Wildman–Crippen LogP) is 1.64. The van der Waals surface area contributed by atoms with Crippen molar-refractivity contribution in [3.63, 3.8) is 0 Å². The maximum atomic E-state index is 11.6. The zero-order valence-corrected chi connectivity index (χ0v) is 10.2. The van der Waals surface area contributed by atoms with Crippen LogP contribution in [0.3, 0.4) is 0 Å². The molecule has 3 nitrogen and oxygen atoms in total. The van der Waals surface area contributed by atoms with E-state index in [9.17, 15) is 8.42 Å². The van der Waals surface area contributed by atoms with Gasteiger partial charge in [-0.15, -0.1) is 0 Å². The molecule has 0 unspecified atom stereocenters. The van der Waals surface area contributed by atoms with Gasteiger partial charge in [-0.2, -0.15) is 0 Å². The van der Waals surface area contributed by atoms with Gasteiger partial charge in [0.25, 0.3) is 0 Å². The third-order valence-corrected chi connectivity index (χ3v) is 4.15. The number of sulfonamides is 1. The van der Waals surface area contributed by atoms with E-state index in [1.165, 1.54) is 9.87 Å². The third kappa shape index (κ3) is 3.32. The molecule has 0 aliphatic heterocycles. The van der Waals surface area contributed by atoms with Crippen molar-refractivity contribution in [2.45, 2.75) is 19.1 Å². The summed E-state index contributed by atoms with van der Waals surface area (Å²) in [6.45, 7) is 2.07. The number of nitrogens with zero attached hydrogens (tertiary/aromatic N) is 1. The molecule has 0 saturated carbocycles. The van der Waals surface area contributed by atoms with Crippen molar-refractivity contribution in [1.82, 2.24) is 4.31 Å². The van der Waals surface area contributed by atoms with Crippen LogP contribution in [0, 0.1) is 0 Å². The molecule has 0 radical (unpaired) electrons. The van der Waals surface area contributed by atoms with E-state index in [1.54, 1.807) is 14.1 Å². The number of aryl methyl sites for hydroxylation is 1. The molecule has 4 heteroatoms. The van der Waals surface area contributed by atoms with E-state index < -0.39 is 10.0 Å². The zero-order valence-electron chi connectivity index (χ0n) is 9.40. The van der Waals surface area contributed by atoms with Crippen LogP contribution in [0.15, 0.2) is 24.3 Å². The van der Waals surface area contributed by atoms with Crippen molar-refractivity contribution in [3.8, 4) is 0 Å². The maximum Gasteiger partial charge on any atom is 0.217 e. The normalized spacial score (nSPS) is 12.0. The Morgan fingerprint density at radius 1 is 1.07 bits per heavy atom. The average Bonchev–Trinajstić information content (AvgIpc) is 2.18. The van der Waals surface area contributed by atoms with Crippen molar-refractivity contribution < 1.29 is 8.42 Å². The molecule has 0 saturated heterocycles. The van der Waals surface area contributed by atoms with Crippen LogP contribution in [0.25, 0.3) is 0 Å². The largest absolute Gasteiger partial charge is 0.217 e. The first-order chi connectivity index (χ1) is 6.95. The van der Waals surface area contributed by atoms with E-state index in [4.69, 9.17) is 0 Å². The molecule has 15 heavy (non-hydrogen) atoms. The van der Waals surface area contributed by atoms with E-state index in [-0.39, 0.29) is 5.75 Å². The summed E-state index contributed by atoms with van der Waals surface area (Å²) < 4.78 is 24.4. The monoisotopic (exact) mass is 227 g/mol. The highest BCUT2D eigenvalue weighted by Crippen LogP contribution is 2.10. The van der Waals surface area contributed by atoms with Crippen molar-refractivity contribution in [1.29, 1.82) is 0 Å². The second-order valence-corrected chi connectivity index (χ2v) is 5.89. The first-order valence-electron chi connectivity index (χ1n) is 4.93. The Kier molecular flexibility index (Phi) is 3.88. The average molecular weight is 227 g/mol. The molecule has 0 aromatic heterocycles. The van der Waals surface area contributed by atoms with Crippen LogP contribution < -0.4 is 0 Å². The smallest absolute Gasteiger partial charge is 0.212 e. The molecule has 1 aromatic carbocycles. The first kappa shape index (κ1) is 12.2. The van der Waals surface area contributed by atoms with Gasteiger partial charge in [0, 0.05) is 14.1 Å². The van der Waals surface area contributed by atoms with Gasteiger partial charge in [-0.1, -0.05) is 31.2 Å². The highest BCUT2D eigenvalue weighted by atomic mass is 32.2. The second-order valence-electron chi connectivity index (χ2n) is 3.71. The molecule has 0 atom stereocenters. The summed E-state index contributed by atoms with van der Waals surface area (Å²) in [6.07, 6.45) is 0.973. The van der Waals surface area contributed by atoms with Crippen LogP contribution in [0.4, 0.5) is 0 Å². The van der Waals surface area contributed by atoms with Gasteiger partial charge in [0.05, 0.1) is 5.75 Å². The Labute approximate surface area is 91.8 Å². The van der Waals surface area contributed by atoms with Gasteiger partial charge < -0.3 is 0 Å². The third-order valence-electron chi connectivity index (χ3n) is 2.34. The lowest BCUT2D eigenvalue weighted by atomic mass is 10.1. The SMILES string of the molecule is CCc1ccc(CS(=O)(=O)N(C)C)cc1. The molecule has 0 aliphatic carbocycles. The molecule has 84 valence electrons. The Hall–Kier alpha value is -0.870. The fourth-order valence-electron chi connectivity index (χ4n) is 1.21. The zero-order chi connectivity index (χ0) is 11.5. The Morgan fingerprint density at radius 2 is 1.53 bits per heavy atom. The quantitative estimate of drug-likeness (QED) is 0.784. The summed E-state index contributed by atoms with van der Waals surface area (Å²) in [6, 6.07) is 7.70. The Morgan fingerprint density at radius 3 is 1.93 bits per heavy atom. The molecule has 0 bridgehead atoms. The summed E-state index contributed by atoms with van der Waals surface area (Å²) in [5.74, 6) is 0.0734. The number of rotatable bonds is 4. The van der Waals surface area contributed by atoms with Crippen molar-refractivity contribution >= 4 is 10.0 Å². The first-order valence-corrected chi connectivity index (χ1v) is 6.54. The van der Waals surface area contributed by atoms with Crippen molar-refractivity contribution in [3.05, 3.63) is 35.4 Å². The summed E-state index contributed by atoms with van der Waals surface area (Å²) in [5, 5.41) is 0. The second kappa shape index (κ2) is 4.77. The molecule has 0 amide bonds. The minimum Gasteiger partial charge on any atom is -0.212 e. The van der Waals surface area contributed by atoms with Gasteiger partial charge in [-0.3, -0.25) is 0 Å². The fraction of sp³-hybridized carbons (Fsp3) is 0.455. The topological polar surface area (TPSA) is 37.4 Å². The van der Waals surface area contributed by atoms with Crippen LogP contribution in [-0.4, -0.2) is 26.8 Å². The number of hydrogen-bond donors (Lipinski definition) is 0. The molecule has 1 aromatic rings. The summed E-state index contributed by atoms with van der Waals surface area (Å²) in [5.41, 5.74) is 2.06. The lowest BCUT2D eigenvalue weighted by Gasteiger charge is -2.11. The van der Waals surface area contributed by atoms with Crippen LogP contribution in [0.1, 0.15) is 18.1 Å².